The van der Waals surface area contributed by atoms with Gasteiger partial charge in [0.1, 0.15) is 17.8 Å². The second-order valence-corrected chi connectivity index (χ2v) is 12.1. The van der Waals surface area contributed by atoms with Crippen molar-refractivity contribution < 1.29 is 36.7 Å². The molecule has 5 atom stereocenters. The molecule has 3 amide bonds. The van der Waals surface area contributed by atoms with Crippen LogP contribution in [0.5, 0.6) is 5.75 Å². The lowest BCUT2D eigenvalue weighted by atomic mass is 9.81. The Morgan fingerprint density at radius 2 is 1.68 bits per heavy atom. The molecule has 1 aromatic carbocycles. The molecule has 0 radical (unpaired) electrons. The molecule has 5 rings (SSSR count). The number of halogens is 6. The van der Waals surface area contributed by atoms with Crippen LogP contribution in [0.2, 0.25) is 0 Å². The van der Waals surface area contributed by atoms with Gasteiger partial charge in [0.25, 0.3) is 5.92 Å². The minimum absolute atomic E-state index is 0. The van der Waals surface area contributed by atoms with Crippen LogP contribution in [0.25, 0.3) is 0 Å². The maximum atomic E-state index is 14.5. The van der Waals surface area contributed by atoms with Gasteiger partial charge in [-0.25, -0.2) is 17.6 Å². The number of fused-ring (bicyclic) bond motifs is 2. The van der Waals surface area contributed by atoms with Gasteiger partial charge in [-0.3, -0.25) is 19.3 Å². The van der Waals surface area contributed by atoms with Crippen molar-refractivity contribution in [3.8, 4) is 5.75 Å². The van der Waals surface area contributed by atoms with E-state index in [1.807, 2.05) is 18.2 Å². The Balaban J connectivity index is 0.00000264. The molecule has 1 saturated carbocycles. The van der Waals surface area contributed by atoms with Crippen LogP contribution in [-0.2, 0) is 14.4 Å². The van der Waals surface area contributed by atoms with Gasteiger partial charge in [0.05, 0.1) is 25.2 Å². The second-order valence-electron chi connectivity index (χ2n) is 12.1. The van der Waals surface area contributed by atoms with Gasteiger partial charge >= 0.3 is 0 Å². The molecule has 2 saturated heterocycles. The predicted octanol–water partition coefficient (Wildman–Crippen LogP) is 3.31. The number of hydrogen-bond donors (Lipinski definition) is 3. The number of piperazine rings is 1. The van der Waals surface area contributed by atoms with Crippen LogP contribution in [0.3, 0.4) is 0 Å². The smallest absolute Gasteiger partial charge is 0.262 e. The summed E-state index contributed by atoms with van der Waals surface area (Å²) in [6.45, 7) is 1.24. The molecule has 1 aromatic rings. The van der Waals surface area contributed by atoms with E-state index in [0.29, 0.717) is 18.8 Å². The monoisotopic (exact) mass is 669 g/mol. The lowest BCUT2D eigenvalue weighted by Gasteiger charge is -2.45. The summed E-state index contributed by atoms with van der Waals surface area (Å²) in [5, 5.41) is 8.55. The van der Waals surface area contributed by atoms with E-state index in [1.54, 1.807) is 24.9 Å². The molecular weight excluding hydrogens is 629 g/mol. The Morgan fingerprint density at radius 1 is 1.00 bits per heavy atom. The molecule has 9 nitrogen and oxygen atoms in total. The zero-order chi connectivity index (χ0) is 30.2. The molecule has 0 bridgehead atoms. The number of para-hydroxylation sites is 1. The van der Waals surface area contributed by atoms with Gasteiger partial charge in [-0.15, -0.1) is 24.8 Å². The van der Waals surface area contributed by atoms with E-state index in [1.165, 1.54) is 4.90 Å². The zero-order valence-corrected chi connectivity index (χ0v) is 26.3. The minimum atomic E-state index is -2.96. The number of likely N-dealkylation sites (N-methyl/N-ethyl adjacent to an activating group) is 1. The largest absolute Gasteiger partial charge is 0.493 e. The second kappa shape index (κ2) is 14.4. The number of carbonyl (C=O) groups is 3. The number of ether oxygens (including phenoxy) is 1. The number of benzene rings is 1. The van der Waals surface area contributed by atoms with Crippen LogP contribution < -0.4 is 20.7 Å². The maximum Gasteiger partial charge on any atom is 0.262 e. The van der Waals surface area contributed by atoms with Crippen molar-refractivity contribution >= 4 is 42.5 Å². The Labute approximate surface area is 267 Å². The van der Waals surface area contributed by atoms with Crippen LogP contribution >= 0.6 is 24.8 Å². The molecular formula is C29H41Cl2F4N5O4. The van der Waals surface area contributed by atoms with Crippen molar-refractivity contribution in [3.63, 3.8) is 0 Å². The Morgan fingerprint density at radius 3 is 2.36 bits per heavy atom. The standard InChI is InChI=1S/C29H39F4N5O4.2ClH/c1-17(34-2)25(39)36-24(18-7-10-28(30,31)11-8-18)27(41)38-14-19-13-29(32,33)16-37(19)15-22(38)26(40)35-21-9-12-42-23-6-4-3-5-20(21)23;;/h3-6,17-19,21-22,24,34H,7-16H2,1-2H3,(H,35,40)(H,36,39);2*1H/t17-,19+,21+,22-,24-;;/m0../s1. The van der Waals surface area contributed by atoms with Crippen LogP contribution in [-0.4, -0.2) is 96.8 Å². The molecule has 248 valence electrons. The fourth-order valence-corrected chi connectivity index (χ4v) is 6.63. The molecule has 0 unspecified atom stereocenters. The lowest BCUT2D eigenvalue weighted by Crippen LogP contribution is -2.66. The first-order chi connectivity index (χ1) is 19.9. The summed E-state index contributed by atoms with van der Waals surface area (Å²) in [4.78, 5) is 43.9. The lowest BCUT2D eigenvalue weighted by molar-refractivity contribution is -0.150. The molecule has 44 heavy (non-hydrogen) atoms. The van der Waals surface area contributed by atoms with Gasteiger partial charge in [-0.1, -0.05) is 18.2 Å². The summed E-state index contributed by atoms with van der Waals surface area (Å²) in [6, 6.07) is 3.28. The van der Waals surface area contributed by atoms with Gasteiger partial charge in [0.15, 0.2) is 0 Å². The first-order valence-corrected chi connectivity index (χ1v) is 14.7. The molecule has 1 aliphatic carbocycles. The molecule has 3 aliphatic heterocycles. The zero-order valence-electron chi connectivity index (χ0n) is 24.7. The number of hydrogen-bond acceptors (Lipinski definition) is 6. The normalized spacial score (nSPS) is 27.2. The number of nitrogens with one attached hydrogen (secondary N) is 3. The highest BCUT2D eigenvalue weighted by Gasteiger charge is 2.53. The van der Waals surface area contributed by atoms with E-state index < -0.39 is 91.5 Å². The third-order valence-corrected chi connectivity index (χ3v) is 9.16. The number of alkyl halides is 4. The highest BCUT2D eigenvalue weighted by Crippen LogP contribution is 2.40. The van der Waals surface area contributed by atoms with Crippen LogP contribution in [0.4, 0.5) is 17.6 Å². The average Bonchev–Trinajstić information content (AvgIpc) is 3.27. The highest BCUT2D eigenvalue weighted by molar-refractivity contribution is 5.93. The first-order valence-electron chi connectivity index (χ1n) is 14.7. The van der Waals surface area contributed by atoms with Gasteiger partial charge in [-0.05, 0) is 38.8 Å². The van der Waals surface area contributed by atoms with Crippen molar-refractivity contribution in [2.24, 2.45) is 5.92 Å². The molecule has 3 heterocycles. The van der Waals surface area contributed by atoms with Crippen LogP contribution in [0.15, 0.2) is 24.3 Å². The van der Waals surface area contributed by atoms with Crippen LogP contribution in [0.1, 0.15) is 57.1 Å². The first kappa shape index (κ1) is 36.1. The Hall–Kier alpha value is -2.35. The van der Waals surface area contributed by atoms with Crippen LogP contribution in [0, 0.1) is 5.92 Å². The van der Waals surface area contributed by atoms with E-state index in [0.717, 1.165) is 5.56 Å². The topological polar surface area (TPSA) is 103 Å². The summed E-state index contributed by atoms with van der Waals surface area (Å²) in [5.41, 5.74) is 0.783. The number of amides is 3. The van der Waals surface area contributed by atoms with Crippen molar-refractivity contribution in [1.82, 2.24) is 25.8 Å². The summed E-state index contributed by atoms with van der Waals surface area (Å²) in [5.74, 6) is -7.35. The Kier molecular flexibility index (Phi) is 11.8. The van der Waals surface area contributed by atoms with Gasteiger partial charge in [0, 0.05) is 50.4 Å². The van der Waals surface area contributed by atoms with E-state index in [-0.39, 0.29) is 50.7 Å². The fraction of sp³-hybridized carbons (Fsp3) is 0.690. The molecule has 3 N–H and O–H groups in total. The van der Waals surface area contributed by atoms with E-state index in [2.05, 4.69) is 16.0 Å². The third-order valence-electron chi connectivity index (χ3n) is 9.16. The van der Waals surface area contributed by atoms with Gasteiger partial charge in [-0.2, -0.15) is 0 Å². The molecule has 3 fully saturated rings. The number of nitrogens with zero attached hydrogens (tertiary/aromatic N) is 2. The SMILES string of the molecule is CN[C@@H](C)C(=O)N[C@H](C(=O)N1C[C@H]2CC(F)(F)CN2C[C@H]1C(=O)N[C@@H]1CCOc2ccccc21)C1CCC(F)(F)CC1.Cl.Cl. The average molecular weight is 671 g/mol. The van der Waals surface area contributed by atoms with Crippen molar-refractivity contribution in [1.29, 1.82) is 0 Å². The van der Waals surface area contributed by atoms with Crippen molar-refractivity contribution in [2.45, 2.75) is 87.5 Å². The van der Waals surface area contributed by atoms with E-state index in [4.69, 9.17) is 4.74 Å². The third kappa shape index (κ3) is 7.89. The fourth-order valence-electron chi connectivity index (χ4n) is 6.63. The van der Waals surface area contributed by atoms with Gasteiger partial charge in [0.2, 0.25) is 23.6 Å². The van der Waals surface area contributed by atoms with Crippen molar-refractivity contribution in [3.05, 3.63) is 29.8 Å². The minimum Gasteiger partial charge on any atom is -0.493 e. The molecule has 0 spiro atoms. The quantitative estimate of drug-likeness (QED) is 0.385. The number of rotatable bonds is 7. The Bertz CT molecular complexity index is 1190. The summed E-state index contributed by atoms with van der Waals surface area (Å²) in [7, 11) is 1.58. The summed E-state index contributed by atoms with van der Waals surface area (Å²) >= 11 is 0. The molecule has 4 aliphatic rings. The highest BCUT2D eigenvalue weighted by atomic mass is 35.5. The molecule has 0 aromatic heterocycles. The van der Waals surface area contributed by atoms with Crippen molar-refractivity contribution in [2.75, 3.05) is 33.3 Å². The summed E-state index contributed by atoms with van der Waals surface area (Å²) < 4.78 is 62.7. The number of carbonyl (C=O) groups excluding carboxylic acids is 3. The van der Waals surface area contributed by atoms with Gasteiger partial charge < -0.3 is 25.6 Å². The van der Waals surface area contributed by atoms with E-state index >= 15 is 0 Å². The summed E-state index contributed by atoms with van der Waals surface area (Å²) in [6.07, 6.45) is -0.792. The maximum absolute atomic E-state index is 14.5. The predicted molar refractivity (Wildman–Crippen MR) is 160 cm³/mol. The van der Waals surface area contributed by atoms with E-state index in [9.17, 15) is 31.9 Å². The molecule has 15 heteroatoms.